The zero-order valence-electron chi connectivity index (χ0n) is 19.9. The molecular formula is C26H35N5O2. The molecule has 7 nitrogen and oxygen atoms in total. The Hall–Kier alpha value is -3.03. The number of fused-ring (bicyclic) bond motifs is 1. The molecule has 33 heavy (non-hydrogen) atoms. The third kappa shape index (κ3) is 6.49. The molecule has 0 unspecified atom stereocenters. The van der Waals surface area contributed by atoms with E-state index in [1.54, 1.807) is 0 Å². The number of piperazine rings is 1. The van der Waals surface area contributed by atoms with Crippen LogP contribution >= 0.6 is 0 Å². The van der Waals surface area contributed by atoms with E-state index < -0.39 is 0 Å². The predicted molar refractivity (Wildman–Crippen MR) is 134 cm³/mol. The van der Waals surface area contributed by atoms with Crippen molar-refractivity contribution in [3.63, 3.8) is 0 Å². The van der Waals surface area contributed by atoms with E-state index in [1.807, 2.05) is 32.0 Å². The molecular weight excluding hydrogens is 414 g/mol. The van der Waals surface area contributed by atoms with Gasteiger partial charge in [-0.05, 0) is 56.6 Å². The summed E-state index contributed by atoms with van der Waals surface area (Å²) in [5.41, 5.74) is 4.17. The monoisotopic (exact) mass is 449 g/mol. The molecule has 2 heterocycles. The van der Waals surface area contributed by atoms with E-state index in [0.717, 1.165) is 61.7 Å². The predicted octanol–water partition coefficient (Wildman–Crippen LogP) is 3.91. The fourth-order valence-corrected chi connectivity index (χ4v) is 4.25. The quantitative estimate of drug-likeness (QED) is 0.488. The van der Waals surface area contributed by atoms with Crippen molar-refractivity contribution >= 4 is 22.6 Å². The van der Waals surface area contributed by atoms with Gasteiger partial charge in [-0.2, -0.15) is 0 Å². The second kappa shape index (κ2) is 10.7. The average molecular weight is 450 g/mol. The first-order valence-corrected chi connectivity index (χ1v) is 11.8. The molecule has 1 aliphatic heterocycles. The van der Waals surface area contributed by atoms with Crippen molar-refractivity contribution in [2.75, 3.05) is 51.6 Å². The van der Waals surface area contributed by atoms with Gasteiger partial charge in [-0.25, -0.2) is 4.79 Å². The Bertz CT molecular complexity index is 1070. The van der Waals surface area contributed by atoms with Crippen LogP contribution in [0.3, 0.4) is 0 Å². The van der Waals surface area contributed by atoms with Gasteiger partial charge in [0.25, 0.3) is 0 Å². The van der Waals surface area contributed by atoms with Crippen LogP contribution in [0.1, 0.15) is 25.0 Å². The third-order valence-electron chi connectivity index (χ3n) is 5.97. The van der Waals surface area contributed by atoms with E-state index in [1.165, 1.54) is 10.9 Å². The number of nitrogens with one attached hydrogen (secondary N) is 3. The summed E-state index contributed by atoms with van der Waals surface area (Å²) in [6.45, 7) is 9.75. The smallest absolute Gasteiger partial charge is 0.319 e. The number of amides is 2. The maximum atomic E-state index is 12.5. The summed E-state index contributed by atoms with van der Waals surface area (Å²) in [6.07, 6.45) is 2.86. The molecule has 0 radical (unpaired) electrons. The van der Waals surface area contributed by atoms with Gasteiger partial charge < -0.3 is 25.3 Å². The molecule has 1 aromatic heterocycles. The van der Waals surface area contributed by atoms with E-state index in [-0.39, 0.29) is 12.1 Å². The van der Waals surface area contributed by atoms with E-state index in [2.05, 4.69) is 62.9 Å². The van der Waals surface area contributed by atoms with Crippen molar-refractivity contribution in [1.82, 2.24) is 20.1 Å². The van der Waals surface area contributed by atoms with Crippen molar-refractivity contribution in [3.8, 4) is 5.75 Å². The number of benzene rings is 2. The van der Waals surface area contributed by atoms with Gasteiger partial charge in [-0.3, -0.25) is 4.90 Å². The number of ether oxygens (including phenoxy) is 1. The van der Waals surface area contributed by atoms with Gasteiger partial charge in [-0.1, -0.05) is 18.2 Å². The summed E-state index contributed by atoms with van der Waals surface area (Å²) >= 11 is 0. The van der Waals surface area contributed by atoms with Gasteiger partial charge in [-0.15, -0.1) is 0 Å². The van der Waals surface area contributed by atoms with E-state index in [9.17, 15) is 4.79 Å². The number of nitrogens with zero attached hydrogens (tertiary/aromatic N) is 2. The lowest BCUT2D eigenvalue weighted by atomic mass is 10.0. The van der Waals surface area contributed by atoms with Crippen LogP contribution in [0.4, 0.5) is 10.5 Å². The van der Waals surface area contributed by atoms with Crippen LogP contribution < -0.4 is 15.4 Å². The maximum absolute atomic E-state index is 12.5. The maximum Gasteiger partial charge on any atom is 0.319 e. The van der Waals surface area contributed by atoms with Gasteiger partial charge >= 0.3 is 6.03 Å². The number of carbonyl (C=O) groups is 1. The number of carbonyl (C=O) groups excluding carboxylic acids is 1. The first-order chi connectivity index (χ1) is 16.0. The second-order valence-corrected chi connectivity index (χ2v) is 9.09. The topological polar surface area (TPSA) is 72.6 Å². The molecule has 7 heteroatoms. The highest BCUT2D eigenvalue weighted by Crippen LogP contribution is 2.26. The lowest BCUT2D eigenvalue weighted by Gasteiger charge is -2.32. The highest BCUT2D eigenvalue weighted by Gasteiger charge is 2.14. The molecule has 0 atom stereocenters. The number of urea groups is 1. The summed E-state index contributed by atoms with van der Waals surface area (Å²) in [6, 6.07) is 14.1. The minimum atomic E-state index is -0.191. The highest BCUT2D eigenvalue weighted by molar-refractivity contribution is 5.89. The number of aromatic nitrogens is 1. The summed E-state index contributed by atoms with van der Waals surface area (Å²) in [5, 5.41) is 7.19. The zero-order chi connectivity index (χ0) is 23.2. The number of hydrogen-bond donors (Lipinski definition) is 3. The zero-order valence-corrected chi connectivity index (χ0v) is 19.9. The van der Waals surface area contributed by atoms with Crippen LogP contribution in [0.2, 0.25) is 0 Å². The lowest BCUT2D eigenvalue weighted by Crippen LogP contribution is -2.47. The number of para-hydroxylation sites is 1. The molecule has 3 aromatic rings. The SMILES string of the molecule is CC(C)Oc1cc(Cc2c[nH]c3ccccc23)cc(NC(=O)NCCN2CCN(C)CC2)c1. The Kier molecular flexibility index (Phi) is 7.52. The standard InChI is InChI=1S/C26H35N5O2/c1-19(2)33-23-16-20(14-21-18-28-25-7-5-4-6-24(21)25)15-22(17-23)29-26(32)27-8-9-31-12-10-30(3)11-13-31/h4-7,15-19,28H,8-14H2,1-3H3,(H2,27,29,32). The summed E-state index contributed by atoms with van der Waals surface area (Å²) in [7, 11) is 2.15. The number of hydrogen-bond acceptors (Lipinski definition) is 4. The highest BCUT2D eigenvalue weighted by atomic mass is 16.5. The number of aromatic amines is 1. The number of rotatable bonds is 8. The molecule has 0 bridgehead atoms. The van der Waals surface area contributed by atoms with Crippen LogP contribution in [-0.2, 0) is 6.42 Å². The van der Waals surface area contributed by atoms with Crippen LogP contribution in [0.5, 0.6) is 5.75 Å². The Labute approximate surface area is 196 Å². The van der Waals surface area contributed by atoms with Crippen molar-refractivity contribution in [2.45, 2.75) is 26.4 Å². The molecule has 0 spiro atoms. The molecule has 1 aliphatic rings. The Morgan fingerprint density at radius 2 is 1.91 bits per heavy atom. The van der Waals surface area contributed by atoms with Crippen LogP contribution in [0.15, 0.2) is 48.7 Å². The summed E-state index contributed by atoms with van der Waals surface area (Å²) in [4.78, 5) is 20.6. The van der Waals surface area contributed by atoms with Gasteiger partial charge in [0, 0.05) is 68.1 Å². The molecule has 3 N–H and O–H groups in total. The van der Waals surface area contributed by atoms with E-state index in [0.29, 0.717) is 6.54 Å². The summed E-state index contributed by atoms with van der Waals surface area (Å²) < 4.78 is 5.96. The molecule has 0 aliphatic carbocycles. The van der Waals surface area contributed by atoms with Crippen molar-refractivity contribution in [1.29, 1.82) is 0 Å². The Morgan fingerprint density at radius 1 is 1.12 bits per heavy atom. The Morgan fingerprint density at radius 3 is 2.70 bits per heavy atom. The minimum Gasteiger partial charge on any atom is -0.491 e. The number of likely N-dealkylation sites (N-methyl/N-ethyl adjacent to an activating group) is 1. The van der Waals surface area contributed by atoms with Crippen molar-refractivity contribution < 1.29 is 9.53 Å². The van der Waals surface area contributed by atoms with Gasteiger partial charge in [0.05, 0.1) is 6.10 Å². The fourth-order valence-electron chi connectivity index (χ4n) is 4.25. The molecule has 2 aromatic carbocycles. The normalized spacial score (nSPS) is 15.2. The fraction of sp³-hybridized carbons (Fsp3) is 0.423. The lowest BCUT2D eigenvalue weighted by molar-refractivity contribution is 0.155. The second-order valence-electron chi connectivity index (χ2n) is 9.09. The number of anilines is 1. The van der Waals surface area contributed by atoms with Crippen LogP contribution in [-0.4, -0.2) is 73.2 Å². The largest absolute Gasteiger partial charge is 0.491 e. The molecule has 0 saturated carbocycles. The molecule has 1 saturated heterocycles. The van der Waals surface area contributed by atoms with E-state index >= 15 is 0 Å². The third-order valence-corrected chi connectivity index (χ3v) is 5.97. The van der Waals surface area contributed by atoms with Crippen molar-refractivity contribution in [3.05, 3.63) is 59.8 Å². The summed E-state index contributed by atoms with van der Waals surface area (Å²) in [5.74, 6) is 0.759. The Balaban J connectivity index is 1.40. The molecule has 176 valence electrons. The molecule has 1 fully saturated rings. The van der Waals surface area contributed by atoms with Gasteiger partial charge in [0.2, 0.25) is 0 Å². The molecule has 2 amide bonds. The minimum absolute atomic E-state index is 0.0543. The van der Waals surface area contributed by atoms with Gasteiger partial charge in [0.15, 0.2) is 0 Å². The number of H-pyrrole nitrogens is 1. The first-order valence-electron chi connectivity index (χ1n) is 11.8. The first kappa shape index (κ1) is 23.1. The molecule has 4 rings (SSSR count). The van der Waals surface area contributed by atoms with Crippen molar-refractivity contribution in [2.24, 2.45) is 0 Å². The average Bonchev–Trinajstić information content (AvgIpc) is 3.17. The van der Waals surface area contributed by atoms with E-state index in [4.69, 9.17) is 4.74 Å². The van der Waals surface area contributed by atoms with Crippen LogP contribution in [0.25, 0.3) is 10.9 Å². The van der Waals surface area contributed by atoms with Gasteiger partial charge in [0.1, 0.15) is 5.75 Å². The van der Waals surface area contributed by atoms with Crippen LogP contribution in [0, 0.1) is 0 Å².